The van der Waals surface area contributed by atoms with Crippen LogP contribution in [0, 0.1) is 11.8 Å². The summed E-state index contributed by atoms with van der Waals surface area (Å²) < 4.78 is 5.46. The van der Waals surface area contributed by atoms with E-state index in [1.165, 1.54) is 12.8 Å². The second kappa shape index (κ2) is 4.36. The third kappa shape index (κ3) is 2.76. The van der Waals surface area contributed by atoms with Gasteiger partial charge < -0.3 is 10.1 Å². The molecule has 0 spiro atoms. The molecule has 0 aromatic heterocycles. The summed E-state index contributed by atoms with van der Waals surface area (Å²) in [5.74, 6) is 0.921. The number of carbonyl (C=O) groups excluding carboxylic acids is 1. The van der Waals surface area contributed by atoms with E-state index in [2.05, 4.69) is 5.32 Å². The zero-order valence-electron chi connectivity index (χ0n) is 10.6. The van der Waals surface area contributed by atoms with Gasteiger partial charge in [0.1, 0.15) is 5.60 Å². The van der Waals surface area contributed by atoms with Crippen molar-refractivity contribution in [2.75, 3.05) is 6.54 Å². The van der Waals surface area contributed by atoms with Gasteiger partial charge in [-0.25, -0.2) is 0 Å². The lowest BCUT2D eigenvalue weighted by atomic mass is 9.79. The first-order valence-electron chi connectivity index (χ1n) is 6.42. The molecule has 1 N–H and O–H groups in total. The fourth-order valence-corrected chi connectivity index (χ4v) is 2.88. The van der Waals surface area contributed by atoms with E-state index in [1.807, 2.05) is 20.8 Å². The van der Waals surface area contributed by atoms with Crippen molar-refractivity contribution in [1.29, 1.82) is 0 Å². The van der Waals surface area contributed by atoms with Gasteiger partial charge in [-0.15, -0.1) is 0 Å². The van der Waals surface area contributed by atoms with Gasteiger partial charge in [0.25, 0.3) is 0 Å². The maximum atomic E-state index is 12.0. The Kier molecular flexibility index (Phi) is 3.24. The lowest BCUT2D eigenvalue weighted by Crippen LogP contribution is -2.38. The van der Waals surface area contributed by atoms with Crippen LogP contribution in [0.2, 0.25) is 0 Å². The molecule has 2 fully saturated rings. The van der Waals surface area contributed by atoms with Crippen LogP contribution in [0.3, 0.4) is 0 Å². The van der Waals surface area contributed by atoms with E-state index in [0.29, 0.717) is 6.04 Å². The summed E-state index contributed by atoms with van der Waals surface area (Å²) in [4.78, 5) is 12.0. The van der Waals surface area contributed by atoms with Crippen molar-refractivity contribution in [1.82, 2.24) is 5.32 Å². The van der Waals surface area contributed by atoms with E-state index >= 15 is 0 Å². The van der Waals surface area contributed by atoms with Crippen LogP contribution in [0.25, 0.3) is 0 Å². The summed E-state index contributed by atoms with van der Waals surface area (Å²) >= 11 is 0. The first kappa shape index (κ1) is 11.9. The molecule has 92 valence electrons. The lowest BCUT2D eigenvalue weighted by Gasteiger charge is -2.32. The van der Waals surface area contributed by atoms with Crippen LogP contribution in [-0.2, 0) is 9.53 Å². The molecule has 2 rings (SSSR count). The van der Waals surface area contributed by atoms with Crippen molar-refractivity contribution < 1.29 is 9.53 Å². The average molecular weight is 225 g/mol. The van der Waals surface area contributed by atoms with Gasteiger partial charge in [-0.3, -0.25) is 4.79 Å². The predicted octanol–water partition coefficient (Wildman–Crippen LogP) is 2.11. The molecule has 0 radical (unpaired) electrons. The van der Waals surface area contributed by atoms with E-state index in [9.17, 15) is 4.79 Å². The normalized spacial score (nSPS) is 34.6. The van der Waals surface area contributed by atoms with Gasteiger partial charge in [-0.05, 0) is 58.9 Å². The highest BCUT2D eigenvalue weighted by Crippen LogP contribution is 2.35. The molecule has 0 bridgehead atoms. The molecule has 1 saturated heterocycles. The number of fused-ring (bicyclic) bond motifs is 1. The minimum Gasteiger partial charge on any atom is -0.460 e. The molecule has 0 aromatic rings. The van der Waals surface area contributed by atoms with Crippen molar-refractivity contribution in [3.63, 3.8) is 0 Å². The molecule has 1 saturated carbocycles. The third-order valence-corrected chi connectivity index (χ3v) is 3.66. The molecule has 1 aliphatic heterocycles. The molecule has 0 unspecified atom stereocenters. The van der Waals surface area contributed by atoms with Crippen molar-refractivity contribution in [2.45, 2.75) is 58.1 Å². The fraction of sp³-hybridized carbons (Fsp3) is 0.923. The fourth-order valence-electron chi connectivity index (χ4n) is 2.88. The lowest BCUT2D eigenvalue weighted by molar-refractivity contribution is -0.161. The van der Waals surface area contributed by atoms with Crippen molar-refractivity contribution in [2.24, 2.45) is 11.8 Å². The van der Waals surface area contributed by atoms with Crippen LogP contribution in [0.15, 0.2) is 0 Å². The van der Waals surface area contributed by atoms with Crippen LogP contribution in [0.4, 0.5) is 0 Å². The SMILES string of the molecule is CC(C)(C)OC(=O)[C@@H]1CC[C@H]2CCN[C@H]2C1. The van der Waals surface area contributed by atoms with Gasteiger partial charge in [0.15, 0.2) is 0 Å². The second-order valence-electron chi connectivity index (χ2n) is 6.15. The number of rotatable bonds is 1. The Bertz CT molecular complexity index is 270. The molecule has 16 heavy (non-hydrogen) atoms. The topological polar surface area (TPSA) is 38.3 Å². The van der Waals surface area contributed by atoms with E-state index < -0.39 is 0 Å². The molecule has 2 aliphatic rings. The Labute approximate surface area is 97.9 Å². The van der Waals surface area contributed by atoms with Crippen LogP contribution in [-0.4, -0.2) is 24.2 Å². The molecular weight excluding hydrogens is 202 g/mol. The quantitative estimate of drug-likeness (QED) is 0.695. The van der Waals surface area contributed by atoms with E-state index in [0.717, 1.165) is 25.3 Å². The maximum Gasteiger partial charge on any atom is 0.309 e. The predicted molar refractivity (Wildman–Crippen MR) is 63.1 cm³/mol. The highest BCUT2D eigenvalue weighted by Gasteiger charge is 2.37. The largest absolute Gasteiger partial charge is 0.460 e. The zero-order chi connectivity index (χ0) is 11.8. The summed E-state index contributed by atoms with van der Waals surface area (Å²) in [7, 11) is 0. The number of esters is 1. The van der Waals surface area contributed by atoms with Gasteiger partial charge in [0.2, 0.25) is 0 Å². The number of nitrogens with one attached hydrogen (secondary N) is 1. The van der Waals surface area contributed by atoms with Gasteiger partial charge in [-0.2, -0.15) is 0 Å². The number of hydrogen-bond donors (Lipinski definition) is 1. The van der Waals surface area contributed by atoms with E-state index in [4.69, 9.17) is 4.74 Å². The van der Waals surface area contributed by atoms with E-state index in [-0.39, 0.29) is 17.5 Å². The summed E-state index contributed by atoms with van der Waals surface area (Å²) in [5, 5.41) is 3.50. The van der Waals surface area contributed by atoms with Gasteiger partial charge in [0.05, 0.1) is 5.92 Å². The molecule has 3 nitrogen and oxygen atoms in total. The van der Waals surface area contributed by atoms with Crippen LogP contribution >= 0.6 is 0 Å². The van der Waals surface area contributed by atoms with Crippen LogP contribution in [0.1, 0.15) is 46.5 Å². The standard InChI is InChI=1S/C13H23NO2/c1-13(2,3)16-12(15)10-5-4-9-6-7-14-11(9)8-10/h9-11,14H,4-8H2,1-3H3/t9-,10+,11-/m0/s1. The Morgan fingerprint density at radius 2 is 2.00 bits per heavy atom. The first-order valence-corrected chi connectivity index (χ1v) is 6.42. The monoisotopic (exact) mass is 225 g/mol. The Morgan fingerprint density at radius 1 is 1.25 bits per heavy atom. The average Bonchev–Trinajstić information content (AvgIpc) is 2.61. The minimum atomic E-state index is -0.350. The summed E-state index contributed by atoms with van der Waals surface area (Å²) in [6, 6.07) is 0.561. The van der Waals surface area contributed by atoms with E-state index in [1.54, 1.807) is 0 Å². The highest BCUT2D eigenvalue weighted by atomic mass is 16.6. The van der Waals surface area contributed by atoms with Crippen molar-refractivity contribution in [3.8, 4) is 0 Å². The summed E-state index contributed by atoms with van der Waals surface area (Å²) in [6.07, 6.45) is 4.45. The molecule has 0 amide bonds. The van der Waals surface area contributed by atoms with Crippen LogP contribution in [0.5, 0.6) is 0 Å². The molecule has 1 heterocycles. The second-order valence-corrected chi connectivity index (χ2v) is 6.15. The molecular formula is C13H23NO2. The Morgan fingerprint density at radius 3 is 2.69 bits per heavy atom. The number of ether oxygens (including phenoxy) is 1. The van der Waals surface area contributed by atoms with Crippen LogP contribution < -0.4 is 5.32 Å². The molecule has 3 atom stereocenters. The number of carbonyl (C=O) groups is 1. The third-order valence-electron chi connectivity index (χ3n) is 3.66. The van der Waals surface area contributed by atoms with Gasteiger partial charge in [-0.1, -0.05) is 0 Å². The highest BCUT2D eigenvalue weighted by molar-refractivity contribution is 5.73. The first-order chi connectivity index (χ1) is 7.46. The molecule has 3 heteroatoms. The Hall–Kier alpha value is -0.570. The van der Waals surface area contributed by atoms with Gasteiger partial charge in [0, 0.05) is 6.04 Å². The number of hydrogen-bond acceptors (Lipinski definition) is 3. The Balaban J connectivity index is 1.89. The summed E-state index contributed by atoms with van der Waals surface area (Å²) in [5.41, 5.74) is -0.350. The molecule has 0 aromatic carbocycles. The molecule has 1 aliphatic carbocycles. The zero-order valence-corrected chi connectivity index (χ0v) is 10.6. The smallest absolute Gasteiger partial charge is 0.309 e. The van der Waals surface area contributed by atoms with Crippen molar-refractivity contribution >= 4 is 5.97 Å². The minimum absolute atomic E-state index is 0.000324. The maximum absolute atomic E-state index is 12.0. The van der Waals surface area contributed by atoms with Gasteiger partial charge >= 0.3 is 5.97 Å². The van der Waals surface area contributed by atoms with Crippen molar-refractivity contribution in [3.05, 3.63) is 0 Å². The summed E-state index contributed by atoms with van der Waals surface area (Å²) in [6.45, 7) is 6.93.